The Labute approximate surface area is 136 Å². The van der Waals surface area contributed by atoms with E-state index in [1.165, 1.54) is 38.5 Å². The molecule has 1 rings (SSSR count). The molecule has 0 amide bonds. The van der Waals surface area contributed by atoms with Gasteiger partial charge in [0, 0.05) is 0 Å². The Morgan fingerprint density at radius 1 is 0.955 bits per heavy atom. The SMILES string of the molecule is CCCCC(CCCC)CCOS(=O)(=O)c1ccc(C)cc1. The van der Waals surface area contributed by atoms with Crippen LogP contribution in [-0.4, -0.2) is 15.0 Å². The van der Waals surface area contributed by atoms with Gasteiger partial charge in [-0.15, -0.1) is 0 Å². The van der Waals surface area contributed by atoms with Gasteiger partial charge in [0.05, 0.1) is 11.5 Å². The third kappa shape index (κ3) is 6.93. The van der Waals surface area contributed by atoms with E-state index in [9.17, 15) is 8.42 Å². The van der Waals surface area contributed by atoms with Gasteiger partial charge in [0.1, 0.15) is 0 Å². The predicted octanol–water partition coefficient (Wildman–Crippen LogP) is 5.09. The smallest absolute Gasteiger partial charge is 0.266 e. The van der Waals surface area contributed by atoms with Gasteiger partial charge in [-0.3, -0.25) is 4.18 Å². The number of benzene rings is 1. The van der Waals surface area contributed by atoms with Crippen molar-refractivity contribution in [1.82, 2.24) is 0 Å². The summed E-state index contributed by atoms with van der Waals surface area (Å²) in [6, 6.07) is 6.80. The Hall–Kier alpha value is -0.870. The van der Waals surface area contributed by atoms with E-state index >= 15 is 0 Å². The molecule has 0 aliphatic rings. The van der Waals surface area contributed by atoms with Crippen LogP contribution in [0.25, 0.3) is 0 Å². The molecule has 0 aliphatic heterocycles. The van der Waals surface area contributed by atoms with Gasteiger partial charge in [-0.05, 0) is 31.4 Å². The van der Waals surface area contributed by atoms with Crippen molar-refractivity contribution in [3.05, 3.63) is 29.8 Å². The second-order valence-electron chi connectivity index (χ2n) is 6.03. The molecule has 0 saturated carbocycles. The first-order valence-corrected chi connectivity index (χ1v) is 9.86. The highest BCUT2D eigenvalue weighted by molar-refractivity contribution is 7.86. The summed E-state index contributed by atoms with van der Waals surface area (Å²) < 4.78 is 29.5. The molecular weight excluding hydrogens is 296 g/mol. The first kappa shape index (κ1) is 19.2. The van der Waals surface area contributed by atoms with Gasteiger partial charge in [0.25, 0.3) is 10.1 Å². The topological polar surface area (TPSA) is 43.4 Å². The molecule has 1 aromatic carbocycles. The van der Waals surface area contributed by atoms with Crippen LogP contribution in [0.5, 0.6) is 0 Å². The van der Waals surface area contributed by atoms with Crippen LogP contribution >= 0.6 is 0 Å². The Bertz CT molecular complexity index is 498. The van der Waals surface area contributed by atoms with E-state index in [0.717, 1.165) is 12.0 Å². The molecule has 0 heterocycles. The van der Waals surface area contributed by atoms with E-state index < -0.39 is 10.1 Å². The van der Waals surface area contributed by atoms with E-state index in [2.05, 4.69) is 13.8 Å². The van der Waals surface area contributed by atoms with E-state index in [0.29, 0.717) is 5.92 Å². The number of hydrogen-bond donors (Lipinski definition) is 0. The van der Waals surface area contributed by atoms with Crippen molar-refractivity contribution >= 4 is 10.1 Å². The third-order valence-electron chi connectivity index (χ3n) is 4.01. The molecular formula is C18H30O3S. The summed E-state index contributed by atoms with van der Waals surface area (Å²) in [5.74, 6) is 0.577. The van der Waals surface area contributed by atoms with Gasteiger partial charge in [0.2, 0.25) is 0 Å². The summed E-state index contributed by atoms with van der Waals surface area (Å²) in [5.41, 5.74) is 1.04. The molecule has 0 aromatic heterocycles. The minimum atomic E-state index is -3.61. The first-order valence-electron chi connectivity index (χ1n) is 8.45. The minimum Gasteiger partial charge on any atom is -0.266 e. The quantitative estimate of drug-likeness (QED) is 0.532. The van der Waals surface area contributed by atoms with Gasteiger partial charge >= 0.3 is 0 Å². The molecule has 0 saturated heterocycles. The Balaban J connectivity index is 2.49. The summed E-state index contributed by atoms with van der Waals surface area (Å²) in [7, 11) is -3.61. The fourth-order valence-electron chi connectivity index (χ4n) is 2.52. The van der Waals surface area contributed by atoms with Crippen LogP contribution in [0.1, 0.15) is 64.4 Å². The maximum absolute atomic E-state index is 12.1. The lowest BCUT2D eigenvalue weighted by Crippen LogP contribution is -2.11. The van der Waals surface area contributed by atoms with Crippen molar-refractivity contribution in [3.8, 4) is 0 Å². The van der Waals surface area contributed by atoms with Crippen molar-refractivity contribution in [3.63, 3.8) is 0 Å². The summed E-state index contributed by atoms with van der Waals surface area (Å²) >= 11 is 0. The van der Waals surface area contributed by atoms with Crippen molar-refractivity contribution in [2.45, 2.75) is 70.6 Å². The first-order chi connectivity index (χ1) is 10.5. The largest absolute Gasteiger partial charge is 0.296 e. The lowest BCUT2D eigenvalue weighted by molar-refractivity contribution is 0.265. The fourth-order valence-corrected chi connectivity index (χ4v) is 3.44. The molecule has 0 N–H and O–H groups in total. The Morgan fingerprint density at radius 2 is 1.50 bits per heavy atom. The number of aryl methyl sites for hydroxylation is 1. The van der Waals surface area contributed by atoms with Crippen molar-refractivity contribution in [2.75, 3.05) is 6.61 Å². The Morgan fingerprint density at radius 3 is 2.00 bits per heavy atom. The van der Waals surface area contributed by atoms with Crippen LogP contribution in [-0.2, 0) is 14.3 Å². The molecule has 0 unspecified atom stereocenters. The van der Waals surface area contributed by atoms with Crippen LogP contribution in [0.2, 0.25) is 0 Å². The minimum absolute atomic E-state index is 0.247. The Kier molecular flexibility index (Phi) is 8.72. The normalized spacial score (nSPS) is 12.0. The second kappa shape index (κ2) is 10.0. The van der Waals surface area contributed by atoms with Gasteiger partial charge in [-0.2, -0.15) is 8.42 Å². The number of rotatable bonds is 11. The van der Waals surface area contributed by atoms with E-state index in [1.807, 2.05) is 6.92 Å². The van der Waals surface area contributed by atoms with E-state index in [4.69, 9.17) is 4.18 Å². The lowest BCUT2D eigenvalue weighted by Gasteiger charge is -2.16. The molecule has 0 radical (unpaired) electrons. The molecule has 0 aliphatic carbocycles. The van der Waals surface area contributed by atoms with Gasteiger partial charge in [0.15, 0.2) is 0 Å². The molecule has 4 heteroatoms. The van der Waals surface area contributed by atoms with Crippen molar-refractivity contribution < 1.29 is 12.6 Å². The summed E-state index contributed by atoms with van der Waals surface area (Å²) in [4.78, 5) is 0.247. The standard InChI is InChI=1S/C18H30O3S/c1-4-6-8-17(9-7-5-2)14-15-21-22(19,20)18-12-10-16(3)11-13-18/h10-13,17H,4-9,14-15H2,1-3H3. The van der Waals surface area contributed by atoms with Crippen LogP contribution in [0.15, 0.2) is 29.2 Å². The highest BCUT2D eigenvalue weighted by Crippen LogP contribution is 2.21. The molecule has 0 spiro atoms. The molecule has 3 nitrogen and oxygen atoms in total. The zero-order chi connectivity index (χ0) is 16.4. The lowest BCUT2D eigenvalue weighted by atomic mass is 9.93. The number of unbranched alkanes of at least 4 members (excludes halogenated alkanes) is 2. The van der Waals surface area contributed by atoms with Crippen molar-refractivity contribution in [2.24, 2.45) is 5.92 Å². The second-order valence-corrected chi connectivity index (χ2v) is 7.64. The zero-order valence-electron chi connectivity index (χ0n) is 14.2. The molecule has 0 atom stereocenters. The van der Waals surface area contributed by atoms with Gasteiger partial charge < -0.3 is 0 Å². The van der Waals surface area contributed by atoms with Gasteiger partial charge in [-0.1, -0.05) is 70.1 Å². The zero-order valence-corrected chi connectivity index (χ0v) is 15.0. The fraction of sp³-hybridized carbons (Fsp3) is 0.667. The van der Waals surface area contributed by atoms with Gasteiger partial charge in [-0.25, -0.2) is 0 Å². The molecule has 1 aromatic rings. The summed E-state index contributed by atoms with van der Waals surface area (Å²) in [6.45, 7) is 6.60. The molecule has 0 bridgehead atoms. The molecule has 126 valence electrons. The highest BCUT2D eigenvalue weighted by atomic mass is 32.2. The average molecular weight is 327 g/mol. The predicted molar refractivity (Wildman–Crippen MR) is 91.5 cm³/mol. The van der Waals surface area contributed by atoms with Crippen LogP contribution < -0.4 is 0 Å². The van der Waals surface area contributed by atoms with E-state index in [1.54, 1.807) is 24.3 Å². The maximum atomic E-state index is 12.1. The molecule has 0 fully saturated rings. The average Bonchev–Trinajstić information content (AvgIpc) is 2.49. The summed E-state index contributed by atoms with van der Waals surface area (Å²) in [6.07, 6.45) is 7.95. The van der Waals surface area contributed by atoms with Crippen molar-refractivity contribution in [1.29, 1.82) is 0 Å². The van der Waals surface area contributed by atoms with Crippen LogP contribution in [0, 0.1) is 12.8 Å². The summed E-state index contributed by atoms with van der Waals surface area (Å²) in [5, 5.41) is 0. The van der Waals surface area contributed by atoms with E-state index in [-0.39, 0.29) is 11.5 Å². The number of hydrogen-bond acceptors (Lipinski definition) is 3. The molecule has 22 heavy (non-hydrogen) atoms. The highest BCUT2D eigenvalue weighted by Gasteiger charge is 2.16. The van der Waals surface area contributed by atoms with Crippen LogP contribution in [0.4, 0.5) is 0 Å². The van der Waals surface area contributed by atoms with Crippen LogP contribution in [0.3, 0.4) is 0 Å². The monoisotopic (exact) mass is 326 g/mol. The third-order valence-corrected chi connectivity index (χ3v) is 5.33. The maximum Gasteiger partial charge on any atom is 0.296 e.